The van der Waals surface area contributed by atoms with Crippen molar-refractivity contribution in [3.05, 3.63) is 47.2 Å². The van der Waals surface area contributed by atoms with E-state index in [2.05, 4.69) is 15.4 Å². The van der Waals surface area contributed by atoms with Gasteiger partial charge in [0.2, 0.25) is 0 Å². The Bertz CT molecular complexity index is 817. The molecule has 22 heavy (non-hydrogen) atoms. The maximum absolute atomic E-state index is 12.4. The summed E-state index contributed by atoms with van der Waals surface area (Å²) < 4.78 is 8.07. The van der Waals surface area contributed by atoms with E-state index < -0.39 is 5.54 Å². The van der Waals surface area contributed by atoms with Gasteiger partial charge in [-0.1, -0.05) is 12.1 Å². The number of ether oxygens (including phenoxy) is 1. The minimum Gasteiger partial charge on any atom is -0.375 e. The van der Waals surface area contributed by atoms with Crippen molar-refractivity contribution in [3.63, 3.8) is 0 Å². The number of aromatic nitrogens is 3. The molecular weight excluding hydrogens is 300 g/mol. The van der Waals surface area contributed by atoms with E-state index in [1.165, 1.54) is 0 Å². The summed E-state index contributed by atoms with van der Waals surface area (Å²) in [5, 5.41) is 8.06. The van der Waals surface area contributed by atoms with Crippen molar-refractivity contribution in [2.45, 2.75) is 5.54 Å². The highest BCUT2D eigenvalue weighted by molar-refractivity contribution is 7.18. The molecule has 1 amide bonds. The van der Waals surface area contributed by atoms with E-state index in [-0.39, 0.29) is 5.91 Å². The lowest BCUT2D eigenvalue weighted by molar-refractivity contribution is -0.0734. The van der Waals surface area contributed by atoms with Crippen LogP contribution >= 0.6 is 11.3 Å². The van der Waals surface area contributed by atoms with Crippen molar-refractivity contribution in [1.82, 2.24) is 20.1 Å². The molecule has 0 saturated carbocycles. The van der Waals surface area contributed by atoms with Gasteiger partial charge in [-0.25, -0.2) is 4.98 Å². The van der Waals surface area contributed by atoms with Gasteiger partial charge in [-0.15, -0.1) is 11.3 Å². The Balaban J connectivity index is 1.66. The molecule has 1 N–H and O–H groups in total. The number of carbonyl (C=O) groups excluding carboxylic acids is 1. The highest BCUT2D eigenvalue weighted by atomic mass is 32.1. The summed E-state index contributed by atoms with van der Waals surface area (Å²) in [7, 11) is 1.78. The topological polar surface area (TPSA) is 69.0 Å². The van der Waals surface area contributed by atoms with E-state index in [0.717, 1.165) is 15.2 Å². The fourth-order valence-corrected chi connectivity index (χ4v) is 3.53. The maximum Gasteiger partial charge on any atom is 0.272 e. The van der Waals surface area contributed by atoms with Gasteiger partial charge in [0.1, 0.15) is 16.2 Å². The van der Waals surface area contributed by atoms with Gasteiger partial charge < -0.3 is 10.1 Å². The highest BCUT2D eigenvalue weighted by Crippen LogP contribution is 2.35. The quantitative estimate of drug-likeness (QED) is 0.799. The molecule has 6 nitrogen and oxygen atoms in total. The third-order valence-corrected chi connectivity index (χ3v) is 4.94. The molecule has 0 atom stereocenters. The van der Waals surface area contributed by atoms with Gasteiger partial charge in [0, 0.05) is 13.2 Å². The zero-order valence-corrected chi connectivity index (χ0v) is 12.8. The molecule has 3 aromatic rings. The van der Waals surface area contributed by atoms with Crippen LogP contribution in [0.3, 0.4) is 0 Å². The number of para-hydroxylation sites is 1. The molecule has 2 aromatic heterocycles. The summed E-state index contributed by atoms with van der Waals surface area (Å²) in [6.45, 7) is 0.872. The lowest BCUT2D eigenvalue weighted by Gasteiger charge is -2.40. The number of thiazole rings is 1. The predicted octanol–water partition coefficient (Wildman–Crippen LogP) is 1.69. The fraction of sp³-hybridized carbons (Fsp3) is 0.267. The number of carbonyl (C=O) groups is 1. The van der Waals surface area contributed by atoms with E-state index in [4.69, 9.17) is 4.74 Å². The minimum absolute atomic E-state index is 0.205. The maximum atomic E-state index is 12.4. The smallest absolute Gasteiger partial charge is 0.272 e. The zero-order chi connectivity index (χ0) is 15.2. The van der Waals surface area contributed by atoms with Crippen LogP contribution in [-0.4, -0.2) is 33.9 Å². The summed E-state index contributed by atoms with van der Waals surface area (Å²) in [6.07, 6.45) is 1.75. The van der Waals surface area contributed by atoms with Gasteiger partial charge >= 0.3 is 0 Å². The average Bonchev–Trinajstić information content (AvgIpc) is 3.08. The molecule has 1 aliphatic rings. The number of hydrogen-bond acceptors (Lipinski definition) is 5. The number of nitrogens with zero attached hydrogens (tertiary/aromatic N) is 3. The van der Waals surface area contributed by atoms with Gasteiger partial charge in [0.15, 0.2) is 0 Å². The van der Waals surface area contributed by atoms with Crippen LogP contribution in [0, 0.1) is 0 Å². The third-order valence-electron chi connectivity index (χ3n) is 3.70. The van der Waals surface area contributed by atoms with Crippen LogP contribution in [0.5, 0.6) is 0 Å². The van der Waals surface area contributed by atoms with Gasteiger partial charge in [-0.2, -0.15) is 5.10 Å². The lowest BCUT2D eigenvalue weighted by Crippen LogP contribution is -2.59. The van der Waals surface area contributed by atoms with Gasteiger partial charge in [-0.05, 0) is 18.2 Å². The van der Waals surface area contributed by atoms with Crippen molar-refractivity contribution in [2.75, 3.05) is 13.2 Å². The van der Waals surface area contributed by atoms with Gasteiger partial charge in [0.05, 0.1) is 23.4 Å². The minimum atomic E-state index is -0.543. The van der Waals surface area contributed by atoms with Crippen LogP contribution in [0.1, 0.15) is 15.5 Å². The first-order chi connectivity index (χ1) is 10.7. The van der Waals surface area contributed by atoms with Crippen molar-refractivity contribution in [2.24, 2.45) is 7.05 Å². The average molecular weight is 314 g/mol. The molecule has 0 aliphatic carbocycles. The Morgan fingerprint density at radius 2 is 2.18 bits per heavy atom. The largest absolute Gasteiger partial charge is 0.375 e. The summed E-state index contributed by atoms with van der Waals surface area (Å²) >= 11 is 1.59. The Labute approximate surface area is 130 Å². The van der Waals surface area contributed by atoms with Crippen molar-refractivity contribution >= 4 is 27.5 Å². The van der Waals surface area contributed by atoms with Crippen LogP contribution in [0.15, 0.2) is 36.5 Å². The van der Waals surface area contributed by atoms with E-state index in [1.807, 2.05) is 24.3 Å². The van der Waals surface area contributed by atoms with Crippen molar-refractivity contribution in [1.29, 1.82) is 0 Å². The van der Waals surface area contributed by atoms with E-state index in [0.29, 0.717) is 18.9 Å². The molecule has 0 spiro atoms. The second-order valence-electron chi connectivity index (χ2n) is 5.39. The SMILES string of the molecule is Cn1ccc(C(=O)NC2(c3nc4ccccc4s3)COC2)n1. The standard InChI is InChI=1S/C15H14N4O2S/c1-19-7-6-11(18-19)13(20)17-15(8-21-9-15)14-16-10-4-2-3-5-12(10)22-14/h2-7H,8-9H2,1H3,(H,17,20). The molecule has 1 saturated heterocycles. The number of nitrogens with one attached hydrogen (secondary N) is 1. The Morgan fingerprint density at radius 3 is 2.82 bits per heavy atom. The molecule has 1 fully saturated rings. The van der Waals surface area contributed by atoms with E-state index in [1.54, 1.807) is 35.3 Å². The Hall–Kier alpha value is -2.25. The van der Waals surface area contributed by atoms with Crippen LogP contribution in [-0.2, 0) is 17.3 Å². The molecule has 0 bridgehead atoms. The Kier molecular flexibility index (Phi) is 2.98. The lowest BCUT2D eigenvalue weighted by atomic mass is 9.98. The van der Waals surface area contributed by atoms with Crippen LogP contribution in [0.4, 0.5) is 0 Å². The number of fused-ring (bicyclic) bond motifs is 1. The highest BCUT2D eigenvalue weighted by Gasteiger charge is 2.45. The van der Waals surface area contributed by atoms with E-state index >= 15 is 0 Å². The van der Waals surface area contributed by atoms with Gasteiger partial charge in [-0.3, -0.25) is 9.48 Å². The molecule has 112 valence electrons. The number of rotatable bonds is 3. The number of amides is 1. The van der Waals surface area contributed by atoms with Crippen LogP contribution in [0.25, 0.3) is 10.2 Å². The molecule has 0 unspecified atom stereocenters. The van der Waals surface area contributed by atoms with Crippen LogP contribution < -0.4 is 5.32 Å². The monoisotopic (exact) mass is 314 g/mol. The first-order valence-electron chi connectivity index (χ1n) is 6.92. The molecule has 1 aliphatic heterocycles. The van der Waals surface area contributed by atoms with Crippen LogP contribution in [0.2, 0.25) is 0 Å². The summed E-state index contributed by atoms with van der Waals surface area (Å²) in [5.74, 6) is -0.205. The second-order valence-corrected chi connectivity index (χ2v) is 6.42. The van der Waals surface area contributed by atoms with Gasteiger partial charge in [0.25, 0.3) is 5.91 Å². The van der Waals surface area contributed by atoms with Crippen molar-refractivity contribution in [3.8, 4) is 0 Å². The number of aryl methyl sites for hydroxylation is 1. The van der Waals surface area contributed by atoms with Crippen molar-refractivity contribution < 1.29 is 9.53 Å². The normalized spacial score (nSPS) is 16.4. The summed E-state index contributed by atoms with van der Waals surface area (Å²) in [5.41, 5.74) is 0.800. The fourth-order valence-electron chi connectivity index (χ4n) is 2.45. The molecule has 3 heterocycles. The summed E-state index contributed by atoms with van der Waals surface area (Å²) in [4.78, 5) is 17.0. The molecule has 0 radical (unpaired) electrons. The zero-order valence-electron chi connectivity index (χ0n) is 11.9. The Morgan fingerprint density at radius 1 is 1.36 bits per heavy atom. The number of hydrogen-bond donors (Lipinski definition) is 1. The second kappa shape index (κ2) is 4.89. The third kappa shape index (κ3) is 2.10. The summed E-state index contributed by atoms with van der Waals surface area (Å²) in [6, 6.07) is 9.65. The first-order valence-corrected chi connectivity index (χ1v) is 7.74. The number of benzene rings is 1. The molecule has 4 rings (SSSR count). The first kappa shape index (κ1) is 13.4. The molecule has 7 heteroatoms. The van der Waals surface area contributed by atoms with E-state index in [9.17, 15) is 4.79 Å². The predicted molar refractivity (Wildman–Crippen MR) is 82.8 cm³/mol. The molecule has 1 aromatic carbocycles. The molecular formula is C15H14N4O2S.